The maximum atomic E-state index is 11.8. The number of hydrogen-bond donors (Lipinski definition) is 3. The lowest BCUT2D eigenvalue weighted by Gasteiger charge is -2.10. The summed E-state index contributed by atoms with van der Waals surface area (Å²) in [5.41, 5.74) is 12.4. The fraction of sp³-hybridized carbons (Fsp3) is 0.429. The lowest BCUT2D eigenvalue weighted by Crippen LogP contribution is -2.16. The molecule has 0 aliphatic heterocycles. The number of nitrogens with one attached hydrogen (secondary N) is 1. The SMILES string of the molecule is Cc1c(NC(=O)CCCCCN)cccc1C(N)=O. The number of anilines is 1. The van der Waals surface area contributed by atoms with Gasteiger partial charge in [-0.2, -0.15) is 0 Å². The molecule has 1 aromatic rings. The van der Waals surface area contributed by atoms with Gasteiger partial charge in [-0.3, -0.25) is 9.59 Å². The van der Waals surface area contributed by atoms with Crippen LogP contribution in [0.25, 0.3) is 0 Å². The topological polar surface area (TPSA) is 98.2 Å². The Labute approximate surface area is 113 Å². The Morgan fingerprint density at radius 1 is 1.21 bits per heavy atom. The van der Waals surface area contributed by atoms with Crippen LogP contribution < -0.4 is 16.8 Å². The van der Waals surface area contributed by atoms with E-state index >= 15 is 0 Å². The second kappa shape index (κ2) is 7.53. The second-order valence-electron chi connectivity index (χ2n) is 4.49. The highest BCUT2D eigenvalue weighted by molar-refractivity contribution is 5.98. The van der Waals surface area contributed by atoms with Crippen molar-refractivity contribution in [2.75, 3.05) is 11.9 Å². The van der Waals surface area contributed by atoms with E-state index in [1.807, 2.05) is 0 Å². The summed E-state index contributed by atoms with van der Waals surface area (Å²) in [5.74, 6) is -0.543. The van der Waals surface area contributed by atoms with E-state index in [-0.39, 0.29) is 5.91 Å². The molecule has 19 heavy (non-hydrogen) atoms. The van der Waals surface area contributed by atoms with Crippen LogP contribution in [0.4, 0.5) is 5.69 Å². The summed E-state index contributed by atoms with van der Waals surface area (Å²) in [4.78, 5) is 23.0. The van der Waals surface area contributed by atoms with Gasteiger partial charge in [0.05, 0.1) is 0 Å². The highest BCUT2D eigenvalue weighted by atomic mass is 16.2. The van der Waals surface area contributed by atoms with E-state index in [2.05, 4.69) is 5.32 Å². The number of nitrogens with two attached hydrogens (primary N) is 2. The third-order valence-electron chi connectivity index (χ3n) is 2.98. The number of amides is 2. The van der Waals surface area contributed by atoms with Crippen LogP contribution in [0.3, 0.4) is 0 Å². The van der Waals surface area contributed by atoms with Crippen molar-refractivity contribution in [1.29, 1.82) is 0 Å². The molecular formula is C14H21N3O2. The summed E-state index contributed by atoms with van der Waals surface area (Å²) in [6.07, 6.45) is 3.16. The molecule has 5 nitrogen and oxygen atoms in total. The molecule has 1 aromatic carbocycles. The van der Waals surface area contributed by atoms with E-state index in [0.717, 1.165) is 19.3 Å². The van der Waals surface area contributed by atoms with Gasteiger partial charge in [-0.1, -0.05) is 12.5 Å². The molecule has 5 heteroatoms. The van der Waals surface area contributed by atoms with Gasteiger partial charge in [0.2, 0.25) is 11.8 Å². The number of carbonyl (C=O) groups is 2. The molecule has 0 radical (unpaired) electrons. The molecule has 0 spiro atoms. The van der Waals surface area contributed by atoms with Crippen LogP contribution in [-0.2, 0) is 4.79 Å². The number of primary amides is 1. The summed E-state index contributed by atoms with van der Waals surface area (Å²) >= 11 is 0. The zero-order valence-electron chi connectivity index (χ0n) is 11.2. The number of hydrogen-bond acceptors (Lipinski definition) is 3. The molecule has 0 unspecified atom stereocenters. The zero-order chi connectivity index (χ0) is 14.3. The van der Waals surface area contributed by atoms with Crippen molar-refractivity contribution in [3.05, 3.63) is 29.3 Å². The first-order chi connectivity index (χ1) is 9.06. The average molecular weight is 263 g/mol. The van der Waals surface area contributed by atoms with Gasteiger partial charge in [0.15, 0.2) is 0 Å². The first-order valence-corrected chi connectivity index (χ1v) is 6.45. The molecule has 0 saturated carbocycles. The summed E-state index contributed by atoms with van der Waals surface area (Å²) < 4.78 is 0. The minimum absolute atomic E-state index is 0.0539. The van der Waals surface area contributed by atoms with E-state index in [1.165, 1.54) is 0 Å². The largest absolute Gasteiger partial charge is 0.366 e. The quantitative estimate of drug-likeness (QED) is 0.651. The van der Waals surface area contributed by atoms with Gasteiger partial charge in [0.1, 0.15) is 0 Å². The Morgan fingerprint density at radius 3 is 2.58 bits per heavy atom. The van der Waals surface area contributed by atoms with E-state index in [4.69, 9.17) is 11.5 Å². The normalized spacial score (nSPS) is 10.2. The van der Waals surface area contributed by atoms with Gasteiger partial charge in [-0.15, -0.1) is 0 Å². The standard InChI is InChI=1S/C14H21N3O2/c1-10-11(14(16)19)6-5-7-12(10)17-13(18)8-3-2-4-9-15/h5-7H,2-4,8-9,15H2,1H3,(H2,16,19)(H,17,18). The van der Waals surface area contributed by atoms with Crippen LogP contribution in [0.15, 0.2) is 18.2 Å². The zero-order valence-corrected chi connectivity index (χ0v) is 11.2. The van der Waals surface area contributed by atoms with Gasteiger partial charge < -0.3 is 16.8 Å². The maximum absolute atomic E-state index is 11.8. The lowest BCUT2D eigenvalue weighted by molar-refractivity contribution is -0.116. The van der Waals surface area contributed by atoms with Crippen LogP contribution in [0.2, 0.25) is 0 Å². The van der Waals surface area contributed by atoms with E-state index < -0.39 is 5.91 Å². The summed E-state index contributed by atoms with van der Waals surface area (Å²) in [5, 5.41) is 2.80. The van der Waals surface area contributed by atoms with Gasteiger partial charge in [-0.25, -0.2) is 0 Å². The molecule has 2 amide bonds. The van der Waals surface area contributed by atoms with Crippen molar-refractivity contribution in [2.24, 2.45) is 11.5 Å². The van der Waals surface area contributed by atoms with Crippen LogP contribution in [0.1, 0.15) is 41.6 Å². The molecule has 0 aliphatic rings. The van der Waals surface area contributed by atoms with Gasteiger partial charge in [-0.05, 0) is 44.0 Å². The van der Waals surface area contributed by atoms with E-state index in [9.17, 15) is 9.59 Å². The Morgan fingerprint density at radius 2 is 1.95 bits per heavy atom. The van der Waals surface area contributed by atoms with Crippen LogP contribution in [0.5, 0.6) is 0 Å². The first-order valence-electron chi connectivity index (χ1n) is 6.45. The third kappa shape index (κ3) is 4.71. The van der Waals surface area contributed by atoms with Crippen LogP contribution >= 0.6 is 0 Å². The van der Waals surface area contributed by atoms with Gasteiger partial charge in [0, 0.05) is 17.7 Å². The maximum Gasteiger partial charge on any atom is 0.249 e. The minimum Gasteiger partial charge on any atom is -0.366 e. The summed E-state index contributed by atoms with van der Waals surface area (Å²) in [6, 6.07) is 5.12. The Kier molecular flexibility index (Phi) is 6.02. The van der Waals surface area contributed by atoms with Crippen molar-refractivity contribution < 1.29 is 9.59 Å². The van der Waals surface area contributed by atoms with Crippen molar-refractivity contribution >= 4 is 17.5 Å². The van der Waals surface area contributed by atoms with Crippen molar-refractivity contribution in [2.45, 2.75) is 32.6 Å². The highest BCUT2D eigenvalue weighted by Gasteiger charge is 2.10. The molecule has 0 bridgehead atoms. The number of carbonyl (C=O) groups excluding carboxylic acids is 2. The number of benzene rings is 1. The van der Waals surface area contributed by atoms with Crippen LogP contribution in [-0.4, -0.2) is 18.4 Å². The molecule has 0 fully saturated rings. The van der Waals surface area contributed by atoms with Crippen molar-refractivity contribution in [1.82, 2.24) is 0 Å². The molecule has 1 rings (SSSR count). The van der Waals surface area contributed by atoms with Gasteiger partial charge >= 0.3 is 0 Å². The van der Waals surface area contributed by atoms with Crippen LogP contribution in [0, 0.1) is 6.92 Å². The fourth-order valence-corrected chi connectivity index (χ4v) is 1.86. The highest BCUT2D eigenvalue weighted by Crippen LogP contribution is 2.19. The minimum atomic E-state index is -0.489. The molecule has 5 N–H and O–H groups in total. The average Bonchev–Trinajstić information content (AvgIpc) is 2.37. The predicted molar refractivity (Wildman–Crippen MR) is 75.8 cm³/mol. The lowest BCUT2D eigenvalue weighted by atomic mass is 10.1. The van der Waals surface area contributed by atoms with Gasteiger partial charge in [0.25, 0.3) is 0 Å². The number of rotatable bonds is 7. The van der Waals surface area contributed by atoms with E-state index in [0.29, 0.717) is 29.8 Å². The molecule has 0 atom stereocenters. The monoisotopic (exact) mass is 263 g/mol. The second-order valence-corrected chi connectivity index (χ2v) is 4.49. The van der Waals surface area contributed by atoms with E-state index in [1.54, 1.807) is 25.1 Å². The first kappa shape index (κ1) is 15.2. The summed E-state index contributed by atoms with van der Waals surface area (Å²) in [7, 11) is 0. The molecule has 0 saturated heterocycles. The Hall–Kier alpha value is -1.88. The molecule has 104 valence electrons. The number of unbranched alkanes of at least 4 members (excludes halogenated alkanes) is 2. The molecule has 0 aromatic heterocycles. The Balaban J connectivity index is 2.59. The molecular weight excluding hydrogens is 242 g/mol. The fourth-order valence-electron chi connectivity index (χ4n) is 1.86. The third-order valence-corrected chi connectivity index (χ3v) is 2.98. The van der Waals surface area contributed by atoms with Crippen molar-refractivity contribution in [3.8, 4) is 0 Å². The molecule has 0 heterocycles. The smallest absolute Gasteiger partial charge is 0.249 e. The summed E-state index contributed by atoms with van der Waals surface area (Å²) in [6.45, 7) is 2.42. The van der Waals surface area contributed by atoms with Crippen molar-refractivity contribution in [3.63, 3.8) is 0 Å². The predicted octanol–water partition coefficient (Wildman–Crippen LogP) is 1.55. The Bertz CT molecular complexity index is 458. The molecule has 0 aliphatic carbocycles.